The van der Waals surface area contributed by atoms with Crippen molar-refractivity contribution < 1.29 is 9.53 Å². The quantitative estimate of drug-likeness (QED) is 0.577. The number of nitrogens with one attached hydrogen (secondary N) is 2. The molecule has 0 fully saturated rings. The van der Waals surface area contributed by atoms with Crippen molar-refractivity contribution in [3.05, 3.63) is 71.4 Å². The molecule has 6 heteroatoms. The van der Waals surface area contributed by atoms with Gasteiger partial charge in [0.2, 0.25) is 5.95 Å². The first kappa shape index (κ1) is 19.4. The molecule has 28 heavy (non-hydrogen) atoms. The van der Waals surface area contributed by atoms with Gasteiger partial charge in [-0.05, 0) is 42.7 Å². The number of benzene rings is 2. The third-order valence-corrected chi connectivity index (χ3v) is 4.24. The van der Waals surface area contributed by atoms with Gasteiger partial charge in [-0.2, -0.15) is 4.98 Å². The average Bonchev–Trinajstić information content (AvgIpc) is 2.67. The number of anilines is 4. The predicted octanol–water partition coefficient (Wildman–Crippen LogP) is 5.18. The summed E-state index contributed by atoms with van der Waals surface area (Å²) in [6.45, 7) is 6.22. The summed E-state index contributed by atoms with van der Waals surface area (Å²) >= 11 is 0. The molecule has 144 valence electrons. The van der Waals surface area contributed by atoms with E-state index in [2.05, 4.69) is 40.5 Å². The fourth-order valence-corrected chi connectivity index (χ4v) is 2.91. The van der Waals surface area contributed by atoms with Gasteiger partial charge in [0.15, 0.2) is 0 Å². The van der Waals surface area contributed by atoms with Gasteiger partial charge in [-0.25, -0.2) is 9.78 Å². The lowest BCUT2D eigenvalue weighted by Crippen LogP contribution is -2.05. The maximum atomic E-state index is 11.7. The number of carbonyl (C=O) groups is 1. The van der Waals surface area contributed by atoms with Crippen molar-refractivity contribution in [2.24, 2.45) is 0 Å². The second-order valence-electron chi connectivity index (χ2n) is 6.78. The number of rotatable bonds is 6. The minimum absolute atomic E-state index is 0.379. The van der Waals surface area contributed by atoms with Crippen LogP contribution >= 0.6 is 0 Å². The van der Waals surface area contributed by atoms with E-state index < -0.39 is 0 Å². The van der Waals surface area contributed by atoms with E-state index in [1.54, 1.807) is 18.2 Å². The molecule has 1 heterocycles. The van der Waals surface area contributed by atoms with Gasteiger partial charge in [0, 0.05) is 23.1 Å². The standard InChI is InChI=1S/C22H24N4O2/c1-14(2)18-10-5-6-11-19(18)25-22-23-15(3)12-20(26-22)24-17-9-7-8-16(13-17)21(27)28-4/h5-14H,1-4H3,(H2,23,24,25,26). The van der Waals surface area contributed by atoms with E-state index in [0.29, 0.717) is 23.2 Å². The zero-order valence-corrected chi connectivity index (χ0v) is 16.5. The third-order valence-electron chi connectivity index (χ3n) is 4.24. The van der Waals surface area contributed by atoms with Crippen LogP contribution in [0.2, 0.25) is 0 Å². The van der Waals surface area contributed by atoms with Gasteiger partial charge in [-0.3, -0.25) is 0 Å². The number of hydrogen-bond acceptors (Lipinski definition) is 6. The van der Waals surface area contributed by atoms with E-state index in [9.17, 15) is 4.79 Å². The summed E-state index contributed by atoms with van der Waals surface area (Å²) in [6.07, 6.45) is 0. The Morgan fingerprint density at radius 3 is 2.54 bits per heavy atom. The van der Waals surface area contributed by atoms with Gasteiger partial charge < -0.3 is 15.4 Å². The summed E-state index contributed by atoms with van der Waals surface area (Å²) in [5.74, 6) is 1.15. The summed E-state index contributed by atoms with van der Waals surface area (Å²) in [7, 11) is 1.36. The van der Waals surface area contributed by atoms with Gasteiger partial charge in [0.25, 0.3) is 0 Å². The monoisotopic (exact) mass is 376 g/mol. The summed E-state index contributed by atoms with van der Waals surface area (Å²) in [6, 6.07) is 17.1. The van der Waals surface area contributed by atoms with Crippen molar-refractivity contribution in [2.75, 3.05) is 17.7 Å². The Balaban J connectivity index is 1.86. The minimum atomic E-state index is -0.379. The highest BCUT2D eigenvalue weighted by Gasteiger charge is 2.10. The van der Waals surface area contributed by atoms with Crippen LogP contribution in [0.25, 0.3) is 0 Å². The molecule has 0 saturated carbocycles. The molecule has 0 amide bonds. The van der Waals surface area contributed by atoms with E-state index in [1.165, 1.54) is 12.7 Å². The van der Waals surface area contributed by atoms with Gasteiger partial charge >= 0.3 is 5.97 Å². The smallest absolute Gasteiger partial charge is 0.337 e. The van der Waals surface area contributed by atoms with Crippen molar-refractivity contribution in [3.8, 4) is 0 Å². The number of hydrogen-bond donors (Lipinski definition) is 2. The number of para-hydroxylation sites is 1. The average molecular weight is 376 g/mol. The lowest BCUT2D eigenvalue weighted by molar-refractivity contribution is 0.0601. The Morgan fingerprint density at radius 2 is 1.79 bits per heavy atom. The topological polar surface area (TPSA) is 76.1 Å². The summed E-state index contributed by atoms with van der Waals surface area (Å²) in [4.78, 5) is 20.8. The first-order valence-corrected chi connectivity index (χ1v) is 9.13. The second kappa shape index (κ2) is 8.52. The third kappa shape index (κ3) is 4.65. The molecular formula is C22H24N4O2. The van der Waals surface area contributed by atoms with E-state index in [4.69, 9.17) is 4.74 Å². The van der Waals surface area contributed by atoms with Gasteiger partial charge in [-0.1, -0.05) is 38.1 Å². The minimum Gasteiger partial charge on any atom is -0.465 e. The number of aromatic nitrogens is 2. The highest BCUT2D eigenvalue weighted by molar-refractivity contribution is 5.90. The second-order valence-corrected chi connectivity index (χ2v) is 6.78. The fraction of sp³-hybridized carbons (Fsp3) is 0.227. The zero-order chi connectivity index (χ0) is 20.1. The molecule has 0 unspecified atom stereocenters. The highest BCUT2D eigenvalue weighted by Crippen LogP contribution is 2.26. The Morgan fingerprint density at radius 1 is 1.00 bits per heavy atom. The maximum absolute atomic E-state index is 11.7. The van der Waals surface area contributed by atoms with Crippen molar-refractivity contribution in [1.82, 2.24) is 9.97 Å². The highest BCUT2D eigenvalue weighted by atomic mass is 16.5. The molecule has 2 N–H and O–H groups in total. The van der Waals surface area contributed by atoms with Crippen LogP contribution in [0.1, 0.15) is 41.4 Å². The molecule has 0 aliphatic rings. The molecule has 3 rings (SSSR count). The number of aryl methyl sites for hydroxylation is 1. The van der Waals surface area contributed by atoms with Crippen molar-refractivity contribution >= 4 is 29.1 Å². The van der Waals surface area contributed by atoms with E-state index in [1.807, 2.05) is 37.3 Å². The lowest BCUT2D eigenvalue weighted by Gasteiger charge is -2.15. The van der Waals surface area contributed by atoms with Crippen molar-refractivity contribution in [3.63, 3.8) is 0 Å². The normalized spacial score (nSPS) is 10.6. The Labute approximate surface area is 165 Å². The predicted molar refractivity (Wildman–Crippen MR) is 112 cm³/mol. The SMILES string of the molecule is COC(=O)c1cccc(Nc2cc(C)nc(Nc3ccccc3C(C)C)n2)c1. The molecule has 0 atom stereocenters. The van der Waals surface area contributed by atoms with Crippen LogP contribution in [0.15, 0.2) is 54.6 Å². The summed E-state index contributed by atoms with van der Waals surface area (Å²) in [5, 5.41) is 6.55. The molecule has 0 aliphatic carbocycles. The molecule has 2 aromatic carbocycles. The van der Waals surface area contributed by atoms with E-state index >= 15 is 0 Å². The Bertz CT molecular complexity index is 986. The van der Waals surface area contributed by atoms with Crippen LogP contribution < -0.4 is 10.6 Å². The maximum Gasteiger partial charge on any atom is 0.337 e. The Kier molecular flexibility index (Phi) is 5.89. The number of carbonyl (C=O) groups excluding carboxylic acids is 1. The summed E-state index contributed by atoms with van der Waals surface area (Å²) < 4.78 is 4.77. The first-order chi connectivity index (χ1) is 13.5. The molecule has 0 radical (unpaired) electrons. The van der Waals surface area contributed by atoms with Crippen LogP contribution in [0.4, 0.5) is 23.1 Å². The number of methoxy groups -OCH3 is 1. The summed E-state index contributed by atoms with van der Waals surface area (Å²) in [5.41, 5.74) is 4.23. The molecular weight excluding hydrogens is 352 g/mol. The van der Waals surface area contributed by atoms with Crippen LogP contribution in [0, 0.1) is 6.92 Å². The number of esters is 1. The van der Waals surface area contributed by atoms with Crippen LogP contribution in [-0.2, 0) is 4.74 Å². The van der Waals surface area contributed by atoms with Crippen LogP contribution in [0.5, 0.6) is 0 Å². The van der Waals surface area contributed by atoms with Crippen molar-refractivity contribution in [1.29, 1.82) is 0 Å². The van der Waals surface area contributed by atoms with E-state index in [0.717, 1.165) is 17.1 Å². The molecule has 0 saturated heterocycles. The lowest BCUT2D eigenvalue weighted by atomic mass is 10.0. The van der Waals surface area contributed by atoms with Crippen LogP contribution in [0.3, 0.4) is 0 Å². The van der Waals surface area contributed by atoms with Gasteiger partial charge in [-0.15, -0.1) is 0 Å². The zero-order valence-electron chi connectivity index (χ0n) is 16.5. The van der Waals surface area contributed by atoms with Crippen molar-refractivity contribution in [2.45, 2.75) is 26.7 Å². The Hall–Kier alpha value is -3.41. The number of nitrogens with zero attached hydrogens (tertiary/aromatic N) is 2. The largest absolute Gasteiger partial charge is 0.465 e. The fourth-order valence-electron chi connectivity index (χ4n) is 2.91. The first-order valence-electron chi connectivity index (χ1n) is 9.13. The van der Waals surface area contributed by atoms with Crippen LogP contribution in [-0.4, -0.2) is 23.0 Å². The molecule has 1 aromatic heterocycles. The molecule has 0 spiro atoms. The van der Waals surface area contributed by atoms with Gasteiger partial charge in [0.05, 0.1) is 12.7 Å². The van der Waals surface area contributed by atoms with E-state index in [-0.39, 0.29) is 5.97 Å². The molecule has 0 bridgehead atoms. The van der Waals surface area contributed by atoms with Gasteiger partial charge in [0.1, 0.15) is 5.82 Å². The molecule has 6 nitrogen and oxygen atoms in total. The molecule has 0 aliphatic heterocycles. The number of ether oxygens (including phenoxy) is 1. The molecule has 3 aromatic rings.